The number of nitrogens with zero attached hydrogens (tertiary/aromatic N) is 3. The average Bonchev–Trinajstić information content (AvgIpc) is 3.24. The predicted molar refractivity (Wildman–Crippen MR) is 100 cm³/mol. The molecule has 26 heavy (non-hydrogen) atoms. The molecule has 1 N–H and O–H groups in total. The summed E-state index contributed by atoms with van der Waals surface area (Å²) in [5.74, 6) is 0.828. The van der Waals surface area contributed by atoms with Crippen molar-refractivity contribution in [3.05, 3.63) is 42.1 Å². The molecule has 0 radical (unpaired) electrons. The van der Waals surface area contributed by atoms with Gasteiger partial charge >= 0.3 is 0 Å². The van der Waals surface area contributed by atoms with Crippen molar-refractivity contribution < 1.29 is 13.2 Å². The molecule has 0 atom stereocenters. The standard InChI is InChI=1S/C18H20N4O3S/c1-21-16-6-5-15(10-13(16)11-18(21)23)26(24,25)20-14-4-7-17(19-12-14)22-8-2-3-9-22/h4-7,10,12,20H,2-3,8-9,11H2,1H3. The molecule has 136 valence electrons. The van der Waals surface area contributed by atoms with Crippen LogP contribution in [0.4, 0.5) is 17.2 Å². The van der Waals surface area contributed by atoms with Crippen LogP contribution >= 0.6 is 0 Å². The summed E-state index contributed by atoms with van der Waals surface area (Å²) in [4.78, 5) is 20.0. The quantitative estimate of drug-likeness (QED) is 0.888. The van der Waals surface area contributed by atoms with Crippen molar-refractivity contribution in [2.75, 3.05) is 34.7 Å². The fraction of sp³-hybridized carbons (Fsp3) is 0.333. The molecule has 0 unspecified atom stereocenters. The van der Waals surface area contributed by atoms with Crippen molar-refractivity contribution in [1.29, 1.82) is 0 Å². The van der Waals surface area contributed by atoms with Gasteiger partial charge in [-0.1, -0.05) is 0 Å². The number of likely N-dealkylation sites (N-methyl/N-ethyl adjacent to an activating group) is 1. The predicted octanol–water partition coefficient (Wildman–Crippen LogP) is 2.00. The summed E-state index contributed by atoms with van der Waals surface area (Å²) in [6, 6.07) is 8.30. The van der Waals surface area contributed by atoms with Crippen LogP contribution in [0.1, 0.15) is 18.4 Å². The molecule has 1 amide bonds. The zero-order valence-corrected chi connectivity index (χ0v) is 15.3. The maximum Gasteiger partial charge on any atom is 0.261 e. The van der Waals surface area contributed by atoms with Gasteiger partial charge in [0.1, 0.15) is 5.82 Å². The van der Waals surface area contributed by atoms with Crippen LogP contribution in [-0.4, -0.2) is 39.4 Å². The number of hydrogen-bond donors (Lipinski definition) is 1. The summed E-state index contributed by atoms with van der Waals surface area (Å²) < 4.78 is 27.9. The molecule has 3 heterocycles. The second kappa shape index (κ2) is 6.28. The van der Waals surface area contributed by atoms with E-state index in [9.17, 15) is 13.2 Å². The van der Waals surface area contributed by atoms with Crippen molar-refractivity contribution in [3.63, 3.8) is 0 Å². The normalized spacial score (nSPS) is 16.9. The first-order valence-electron chi connectivity index (χ1n) is 8.57. The van der Waals surface area contributed by atoms with Gasteiger partial charge in [-0.3, -0.25) is 9.52 Å². The monoisotopic (exact) mass is 372 g/mol. The molecule has 7 nitrogen and oxygen atoms in total. The van der Waals surface area contributed by atoms with Gasteiger partial charge in [-0.15, -0.1) is 0 Å². The zero-order chi connectivity index (χ0) is 18.3. The van der Waals surface area contributed by atoms with E-state index < -0.39 is 10.0 Å². The zero-order valence-electron chi connectivity index (χ0n) is 14.5. The van der Waals surface area contributed by atoms with Crippen molar-refractivity contribution in [3.8, 4) is 0 Å². The maximum absolute atomic E-state index is 12.7. The van der Waals surface area contributed by atoms with Gasteiger partial charge in [-0.2, -0.15) is 0 Å². The van der Waals surface area contributed by atoms with E-state index in [1.165, 1.54) is 12.3 Å². The Bertz CT molecular complexity index is 951. The summed E-state index contributed by atoms with van der Waals surface area (Å²) in [5, 5.41) is 0. The van der Waals surface area contributed by atoms with E-state index in [0.29, 0.717) is 5.69 Å². The highest BCUT2D eigenvalue weighted by Gasteiger charge is 2.26. The lowest BCUT2D eigenvalue weighted by atomic mass is 10.2. The number of anilines is 3. The Morgan fingerprint density at radius 1 is 1.12 bits per heavy atom. The van der Waals surface area contributed by atoms with E-state index in [1.807, 2.05) is 6.07 Å². The average molecular weight is 372 g/mol. The first kappa shape index (κ1) is 16.8. The Morgan fingerprint density at radius 3 is 2.58 bits per heavy atom. The van der Waals surface area contributed by atoms with Crippen molar-refractivity contribution in [2.45, 2.75) is 24.2 Å². The summed E-state index contributed by atoms with van der Waals surface area (Å²) in [5.41, 5.74) is 1.90. The lowest BCUT2D eigenvalue weighted by Crippen LogP contribution is -2.20. The third-order valence-electron chi connectivity index (χ3n) is 4.87. The number of rotatable bonds is 4. The van der Waals surface area contributed by atoms with Crippen LogP contribution in [-0.2, 0) is 21.2 Å². The maximum atomic E-state index is 12.7. The Kier molecular flexibility index (Phi) is 4.07. The number of carbonyl (C=O) groups is 1. The minimum absolute atomic E-state index is 0.0378. The number of nitrogens with one attached hydrogen (secondary N) is 1. The van der Waals surface area contributed by atoms with Crippen molar-refractivity contribution in [2.24, 2.45) is 0 Å². The van der Waals surface area contributed by atoms with E-state index in [2.05, 4.69) is 14.6 Å². The van der Waals surface area contributed by atoms with Crippen molar-refractivity contribution in [1.82, 2.24) is 4.98 Å². The Hall–Kier alpha value is -2.61. The Labute approximate surface area is 152 Å². The fourth-order valence-electron chi connectivity index (χ4n) is 3.41. The SMILES string of the molecule is CN1C(=O)Cc2cc(S(=O)(=O)Nc3ccc(N4CCCC4)nc3)ccc21. The van der Waals surface area contributed by atoms with Gasteiger partial charge in [0.15, 0.2) is 0 Å². The molecule has 1 aromatic carbocycles. The van der Waals surface area contributed by atoms with Crippen LogP contribution in [0.3, 0.4) is 0 Å². The number of fused-ring (bicyclic) bond motifs is 1. The van der Waals surface area contributed by atoms with Gasteiger partial charge in [0.2, 0.25) is 5.91 Å². The van der Waals surface area contributed by atoms with E-state index >= 15 is 0 Å². The molecule has 1 saturated heterocycles. The van der Waals surface area contributed by atoms with Crippen LogP contribution < -0.4 is 14.5 Å². The minimum atomic E-state index is -3.74. The minimum Gasteiger partial charge on any atom is -0.357 e. The van der Waals surface area contributed by atoms with Gasteiger partial charge in [-0.25, -0.2) is 13.4 Å². The van der Waals surface area contributed by atoms with E-state index in [1.54, 1.807) is 30.1 Å². The highest BCUT2D eigenvalue weighted by molar-refractivity contribution is 7.92. The molecule has 2 aliphatic rings. The van der Waals surface area contributed by atoms with E-state index in [4.69, 9.17) is 0 Å². The van der Waals surface area contributed by atoms with Crippen LogP contribution in [0, 0.1) is 0 Å². The molecular formula is C18H20N4O3S. The van der Waals surface area contributed by atoms with Crippen LogP contribution in [0.2, 0.25) is 0 Å². The van der Waals surface area contributed by atoms with Crippen LogP contribution in [0.15, 0.2) is 41.4 Å². The van der Waals surface area contributed by atoms with Gasteiger partial charge in [0.25, 0.3) is 10.0 Å². The van der Waals surface area contributed by atoms with E-state index in [-0.39, 0.29) is 17.2 Å². The molecule has 0 saturated carbocycles. The molecule has 0 spiro atoms. The number of carbonyl (C=O) groups excluding carboxylic acids is 1. The molecule has 0 bridgehead atoms. The molecule has 1 fully saturated rings. The smallest absolute Gasteiger partial charge is 0.261 e. The van der Waals surface area contributed by atoms with E-state index in [0.717, 1.165) is 43.0 Å². The Morgan fingerprint density at radius 2 is 1.88 bits per heavy atom. The number of aromatic nitrogens is 1. The first-order chi connectivity index (χ1) is 12.4. The fourth-order valence-corrected chi connectivity index (χ4v) is 4.50. The van der Waals surface area contributed by atoms with Crippen LogP contribution in [0.25, 0.3) is 0 Å². The topological polar surface area (TPSA) is 82.6 Å². The second-order valence-electron chi connectivity index (χ2n) is 6.62. The van der Waals surface area contributed by atoms with Crippen LogP contribution in [0.5, 0.6) is 0 Å². The summed E-state index contributed by atoms with van der Waals surface area (Å²) in [7, 11) is -2.05. The summed E-state index contributed by atoms with van der Waals surface area (Å²) in [6.45, 7) is 1.97. The first-order valence-corrected chi connectivity index (χ1v) is 10.1. The number of sulfonamides is 1. The highest BCUT2D eigenvalue weighted by Crippen LogP contribution is 2.30. The van der Waals surface area contributed by atoms with Gasteiger partial charge < -0.3 is 9.80 Å². The third-order valence-corrected chi connectivity index (χ3v) is 6.25. The Balaban J connectivity index is 1.54. The molecule has 2 aromatic rings. The summed E-state index contributed by atoms with van der Waals surface area (Å²) in [6.07, 6.45) is 4.08. The second-order valence-corrected chi connectivity index (χ2v) is 8.31. The molecule has 4 rings (SSSR count). The van der Waals surface area contributed by atoms with Gasteiger partial charge in [-0.05, 0) is 48.7 Å². The largest absolute Gasteiger partial charge is 0.357 e. The lowest BCUT2D eigenvalue weighted by molar-refractivity contribution is -0.117. The van der Waals surface area contributed by atoms with Gasteiger partial charge in [0, 0.05) is 25.8 Å². The molecular weight excluding hydrogens is 352 g/mol. The third kappa shape index (κ3) is 3.01. The number of hydrogen-bond acceptors (Lipinski definition) is 5. The molecule has 2 aliphatic heterocycles. The number of pyridine rings is 1. The van der Waals surface area contributed by atoms with Crippen molar-refractivity contribution >= 4 is 33.1 Å². The molecule has 8 heteroatoms. The number of benzene rings is 1. The van der Waals surface area contributed by atoms with Gasteiger partial charge in [0.05, 0.1) is 23.2 Å². The summed E-state index contributed by atoms with van der Waals surface area (Å²) >= 11 is 0. The number of amides is 1. The lowest BCUT2D eigenvalue weighted by Gasteiger charge is -2.16. The molecule has 0 aliphatic carbocycles. The molecule has 1 aromatic heterocycles. The highest BCUT2D eigenvalue weighted by atomic mass is 32.2.